The number of rotatable bonds is 6. The summed E-state index contributed by atoms with van der Waals surface area (Å²) < 4.78 is 0. The standard InChI is InChI=1S/C18H30N2O/c1-14(2)13-20(12-11-19(3)4)17-9-5-8-16-15(17)7-6-10-18(16)21/h6-7,10,14,17,21H,5,8-9,11-13H2,1-4H3. The molecule has 3 heteroatoms. The van der Waals surface area contributed by atoms with Gasteiger partial charge in [-0.1, -0.05) is 26.0 Å². The van der Waals surface area contributed by atoms with Crippen LogP contribution >= 0.6 is 0 Å². The van der Waals surface area contributed by atoms with Crippen LogP contribution in [0.5, 0.6) is 5.75 Å². The highest BCUT2D eigenvalue weighted by Crippen LogP contribution is 2.38. The highest BCUT2D eigenvalue weighted by atomic mass is 16.3. The van der Waals surface area contributed by atoms with Crippen LogP contribution in [0.2, 0.25) is 0 Å². The average Bonchev–Trinajstić information content (AvgIpc) is 2.43. The fourth-order valence-electron chi connectivity index (χ4n) is 3.36. The second-order valence-electron chi connectivity index (χ2n) is 6.95. The first-order chi connectivity index (χ1) is 9.99. The number of phenols is 1. The summed E-state index contributed by atoms with van der Waals surface area (Å²) in [5.74, 6) is 1.14. The van der Waals surface area contributed by atoms with Gasteiger partial charge in [0.2, 0.25) is 0 Å². The van der Waals surface area contributed by atoms with Gasteiger partial charge in [-0.25, -0.2) is 0 Å². The molecule has 3 nitrogen and oxygen atoms in total. The Morgan fingerprint density at radius 1 is 1.24 bits per heavy atom. The predicted octanol–water partition coefficient (Wildman–Crippen LogP) is 3.29. The third-order valence-corrected chi connectivity index (χ3v) is 4.33. The molecule has 118 valence electrons. The molecule has 1 atom stereocenters. The second kappa shape index (κ2) is 7.28. The molecule has 0 radical (unpaired) electrons. The lowest BCUT2D eigenvalue weighted by atomic mass is 9.86. The van der Waals surface area contributed by atoms with Gasteiger partial charge in [0.05, 0.1) is 0 Å². The predicted molar refractivity (Wildman–Crippen MR) is 88.8 cm³/mol. The molecule has 0 aromatic heterocycles. The van der Waals surface area contributed by atoms with Crippen LogP contribution in [0.25, 0.3) is 0 Å². The monoisotopic (exact) mass is 290 g/mol. The van der Waals surface area contributed by atoms with Crippen LogP contribution in [0, 0.1) is 5.92 Å². The van der Waals surface area contributed by atoms with E-state index in [0.717, 1.165) is 26.1 Å². The maximum absolute atomic E-state index is 10.1. The summed E-state index contributed by atoms with van der Waals surface area (Å²) in [6.45, 7) is 7.86. The number of hydrogen-bond acceptors (Lipinski definition) is 3. The van der Waals surface area contributed by atoms with Gasteiger partial charge >= 0.3 is 0 Å². The Bertz CT molecular complexity index is 457. The Labute approximate surface area is 129 Å². The molecule has 0 saturated carbocycles. The number of benzene rings is 1. The third kappa shape index (κ3) is 4.21. The molecular weight excluding hydrogens is 260 g/mol. The topological polar surface area (TPSA) is 26.7 Å². The van der Waals surface area contributed by atoms with Crippen molar-refractivity contribution in [1.82, 2.24) is 9.80 Å². The number of fused-ring (bicyclic) bond motifs is 1. The number of phenolic OH excluding ortho intramolecular Hbond substituents is 1. The Morgan fingerprint density at radius 2 is 2.00 bits per heavy atom. The van der Waals surface area contributed by atoms with Crippen molar-refractivity contribution in [2.75, 3.05) is 33.7 Å². The van der Waals surface area contributed by atoms with E-state index < -0.39 is 0 Å². The second-order valence-corrected chi connectivity index (χ2v) is 6.95. The summed E-state index contributed by atoms with van der Waals surface area (Å²) in [7, 11) is 4.27. The van der Waals surface area contributed by atoms with Gasteiger partial charge in [-0.2, -0.15) is 0 Å². The molecule has 1 aliphatic rings. The molecule has 0 spiro atoms. The summed E-state index contributed by atoms with van der Waals surface area (Å²) in [6, 6.07) is 6.49. The fraction of sp³-hybridized carbons (Fsp3) is 0.667. The molecule has 1 aromatic carbocycles. The van der Waals surface area contributed by atoms with Crippen molar-refractivity contribution in [3.05, 3.63) is 29.3 Å². The number of likely N-dealkylation sites (N-methyl/N-ethyl adjacent to an activating group) is 1. The summed E-state index contributed by atoms with van der Waals surface area (Å²) >= 11 is 0. The highest BCUT2D eigenvalue weighted by Gasteiger charge is 2.27. The normalized spacial score (nSPS) is 18.5. The van der Waals surface area contributed by atoms with E-state index in [0.29, 0.717) is 17.7 Å². The zero-order chi connectivity index (χ0) is 15.4. The van der Waals surface area contributed by atoms with Crippen molar-refractivity contribution in [2.24, 2.45) is 5.92 Å². The van der Waals surface area contributed by atoms with Gasteiger partial charge < -0.3 is 10.0 Å². The number of nitrogens with zero attached hydrogens (tertiary/aromatic N) is 2. The third-order valence-electron chi connectivity index (χ3n) is 4.33. The Balaban J connectivity index is 2.22. The molecule has 1 unspecified atom stereocenters. The van der Waals surface area contributed by atoms with E-state index in [-0.39, 0.29) is 0 Å². The lowest BCUT2D eigenvalue weighted by Crippen LogP contribution is -2.38. The van der Waals surface area contributed by atoms with Crippen molar-refractivity contribution < 1.29 is 5.11 Å². The molecule has 0 saturated heterocycles. The highest BCUT2D eigenvalue weighted by molar-refractivity contribution is 5.42. The Kier molecular flexibility index (Phi) is 5.65. The van der Waals surface area contributed by atoms with Gasteiger partial charge in [0.25, 0.3) is 0 Å². The van der Waals surface area contributed by atoms with E-state index in [1.165, 1.54) is 24.0 Å². The van der Waals surface area contributed by atoms with E-state index in [4.69, 9.17) is 0 Å². The van der Waals surface area contributed by atoms with Gasteiger partial charge in [-0.3, -0.25) is 4.90 Å². The molecule has 1 aliphatic carbocycles. The minimum absolute atomic E-state index is 0.461. The van der Waals surface area contributed by atoms with E-state index in [1.807, 2.05) is 12.1 Å². The molecule has 21 heavy (non-hydrogen) atoms. The van der Waals surface area contributed by atoms with Crippen LogP contribution in [0.15, 0.2) is 18.2 Å². The first kappa shape index (κ1) is 16.3. The Hall–Kier alpha value is -1.06. The average molecular weight is 290 g/mol. The van der Waals surface area contributed by atoms with Crippen LogP contribution in [0.4, 0.5) is 0 Å². The van der Waals surface area contributed by atoms with Crippen LogP contribution in [-0.2, 0) is 6.42 Å². The summed E-state index contributed by atoms with van der Waals surface area (Å²) in [6.07, 6.45) is 3.39. The molecule has 1 N–H and O–H groups in total. The summed E-state index contributed by atoms with van der Waals surface area (Å²) in [5, 5.41) is 10.1. The minimum atomic E-state index is 0.461. The largest absolute Gasteiger partial charge is 0.508 e. The summed E-state index contributed by atoms with van der Waals surface area (Å²) in [4.78, 5) is 4.86. The van der Waals surface area contributed by atoms with E-state index in [1.54, 1.807) is 0 Å². The molecule has 0 fully saturated rings. The summed E-state index contributed by atoms with van der Waals surface area (Å²) in [5.41, 5.74) is 2.52. The SMILES string of the molecule is CC(C)CN(CCN(C)C)C1CCCc2c(O)cccc21. The maximum Gasteiger partial charge on any atom is 0.119 e. The number of hydrogen-bond donors (Lipinski definition) is 1. The van der Waals surface area contributed by atoms with Gasteiger partial charge in [-0.05, 0) is 56.5 Å². The Morgan fingerprint density at radius 3 is 2.67 bits per heavy atom. The van der Waals surface area contributed by atoms with Gasteiger partial charge in [0.15, 0.2) is 0 Å². The van der Waals surface area contributed by atoms with Crippen LogP contribution in [-0.4, -0.2) is 48.6 Å². The van der Waals surface area contributed by atoms with Crippen molar-refractivity contribution in [2.45, 2.75) is 39.2 Å². The van der Waals surface area contributed by atoms with Crippen molar-refractivity contribution in [3.63, 3.8) is 0 Å². The molecule has 0 aliphatic heterocycles. The van der Waals surface area contributed by atoms with Gasteiger partial charge in [-0.15, -0.1) is 0 Å². The van der Waals surface area contributed by atoms with E-state index in [2.05, 4.69) is 43.8 Å². The van der Waals surface area contributed by atoms with Crippen LogP contribution in [0.3, 0.4) is 0 Å². The quantitative estimate of drug-likeness (QED) is 0.871. The fourth-order valence-corrected chi connectivity index (χ4v) is 3.36. The lowest BCUT2D eigenvalue weighted by molar-refractivity contribution is 0.145. The minimum Gasteiger partial charge on any atom is -0.508 e. The molecule has 0 heterocycles. The van der Waals surface area contributed by atoms with E-state index in [9.17, 15) is 5.11 Å². The van der Waals surface area contributed by atoms with Gasteiger partial charge in [0.1, 0.15) is 5.75 Å². The zero-order valence-corrected chi connectivity index (χ0v) is 14.0. The van der Waals surface area contributed by atoms with Crippen LogP contribution in [0.1, 0.15) is 43.9 Å². The van der Waals surface area contributed by atoms with Gasteiger partial charge in [0, 0.05) is 25.7 Å². The molecular formula is C18H30N2O. The molecule has 1 aromatic rings. The van der Waals surface area contributed by atoms with Crippen molar-refractivity contribution >= 4 is 0 Å². The molecule has 2 rings (SSSR count). The van der Waals surface area contributed by atoms with Crippen molar-refractivity contribution in [3.8, 4) is 5.75 Å². The smallest absolute Gasteiger partial charge is 0.119 e. The van der Waals surface area contributed by atoms with Crippen molar-refractivity contribution in [1.29, 1.82) is 0 Å². The lowest BCUT2D eigenvalue weighted by Gasteiger charge is -2.37. The first-order valence-electron chi connectivity index (χ1n) is 8.18. The first-order valence-corrected chi connectivity index (χ1v) is 8.18. The molecule has 0 amide bonds. The number of aromatic hydroxyl groups is 1. The zero-order valence-electron chi connectivity index (χ0n) is 14.0. The van der Waals surface area contributed by atoms with E-state index >= 15 is 0 Å². The van der Waals surface area contributed by atoms with Crippen LogP contribution < -0.4 is 0 Å². The maximum atomic E-state index is 10.1. The molecule has 0 bridgehead atoms.